The fourth-order valence-corrected chi connectivity index (χ4v) is 6.36. The summed E-state index contributed by atoms with van der Waals surface area (Å²) in [5, 5.41) is 0. The average Bonchev–Trinajstić information content (AvgIpc) is 3.45. The molecule has 3 aliphatic rings. The molecule has 5 heterocycles. The normalized spacial score (nSPS) is 16.9. The Morgan fingerprint density at radius 3 is 2.55 bits per heavy atom. The first-order valence-electron chi connectivity index (χ1n) is 15.3. The molecule has 2 aromatic carbocycles. The number of methoxy groups -OCH3 is 1. The Bertz CT molecular complexity index is 1710. The van der Waals surface area contributed by atoms with E-state index in [-0.39, 0.29) is 23.8 Å². The Balaban J connectivity index is 1.53. The molecule has 1 fully saturated rings. The number of ether oxygens (including phenoxy) is 4. The van der Waals surface area contributed by atoms with E-state index in [9.17, 15) is 4.79 Å². The summed E-state index contributed by atoms with van der Waals surface area (Å²) in [6.07, 6.45) is 3.84. The summed E-state index contributed by atoms with van der Waals surface area (Å²) in [5.74, 6) is 0.791. The highest BCUT2D eigenvalue weighted by Gasteiger charge is 2.33. The largest absolute Gasteiger partial charge is 0.490 e. The van der Waals surface area contributed by atoms with E-state index in [2.05, 4.69) is 16.2 Å². The maximum Gasteiger partial charge on any atom is 0.310 e. The van der Waals surface area contributed by atoms with Gasteiger partial charge in [-0.2, -0.15) is 0 Å². The summed E-state index contributed by atoms with van der Waals surface area (Å²) in [6.45, 7) is 11.2. The molecule has 6 bridgehead atoms. The summed E-state index contributed by atoms with van der Waals surface area (Å²) in [7, 11) is 1.42. The van der Waals surface area contributed by atoms with Crippen LogP contribution >= 0.6 is 0 Å². The Hall–Kier alpha value is -3.95. The van der Waals surface area contributed by atoms with Crippen LogP contribution in [0.1, 0.15) is 42.0 Å². The molecule has 0 aliphatic carbocycles. The second-order valence-electron chi connectivity index (χ2n) is 12.1. The van der Waals surface area contributed by atoms with E-state index in [1.54, 1.807) is 0 Å². The van der Waals surface area contributed by atoms with E-state index in [0.717, 1.165) is 70.9 Å². The number of carbonyl (C=O) groups excluding carboxylic acids is 1. The zero-order valence-electron chi connectivity index (χ0n) is 26.2. The van der Waals surface area contributed by atoms with E-state index in [4.69, 9.17) is 23.9 Å². The van der Waals surface area contributed by atoms with Crippen LogP contribution in [0.2, 0.25) is 0 Å². The number of fused-ring (bicyclic) bond motifs is 8. The quantitative estimate of drug-likeness (QED) is 0.199. The van der Waals surface area contributed by atoms with Gasteiger partial charge >= 0.3 is 5.97 Å². The van der Waals surface area contributed by atoms with E-state index in [1.807, 2.05) is 57.3 Å². The van der Waals surface area contributed by atoms with E-state index in [0.29, 0.717) is 43.3 Å². The van der Waals surface area contributed by atoms with E-state index in [1.165, 1.54) is 13.2 Å². The van der Waals surface area contributed by atoms with Crippen LogP contribution in [0.5, 0.6) is 5.75 Å². The van der Waals surface area contributed by atoms with Crippen molar-refractivity contribution in [1.82, 2.24) is 9.38 Å². The monoisotopic (exact) mass is 601 g/mol. The lowest BCUT2D eigenvalue weighted by Gasteiger charge is -2.41. The molecule has 0 radical (unpaired) electrons. The van der Waals surface area contributed by atoms with Crippen molar-refractivity contribution in [2.24, 2.45) is 0 Å². The van der Waals surface area contributed by atoms with Gasteiger partial charge in [-0.05, 0) is 81.0 Å². The van der Waals surface area contributed by atoms with Gasteiger partial charge in [0, 0.05) is 30.4 Å². The lowest BCUT2D eigenvalue weighted by molar-refractivity contribution is -0.139. The van der Waals surface area contributed by atoms with Crippen LogP contribution in [0.25, 0.3) is 28.0 Å². The van der Waals surface area contributed by atoms with Gasteiger partial charge in [0.1, 0.15) is 29.6 Å². The number of pyridine rings is 1. The van der Waals surface area contributed by atoms with Crippen LogP contribution in [0, 0.1) is 26.6 Å². The van der Waals surface area contributed by atoms with Crippen molar-refractivity contribution in [3.8, 4) is 28.1 Å². The van der Waals surface area contributed by atoms with Crippen LogP contribution in [-0.4, -0.2) is 67.6 Å². The smallest absolute Gasteiger partial charge is 0.310 e. The Morgan fingerprint density at radius 1 is 1.02 bits per heavy atom. The fraction of sp³-hybridized carbons (Fsp3) is 0.429. The van der Waals surface area contributed by atoms with Gasteiger partial charge in [0.25, 0.3) is 0 Å². The van der Waals surface area contributed by atoms with E-state index < -0.39 is 0 Å². The predicted octanol–water partition coefficient (Wildman–Crippen LogP) is 6.23. The molecule has 0 atom stereocenters. The average molecular weight is 602 g/mol. The first-order chi connectivity index (χ1) is 21.2. The number of aryl methyl sites for hydroxylation is 2. The van der Waals surface area contributed by atoms with Gasteiger partial charge in [0.2, 0.25) is 0 Å². The van der Waals surface area contributed by atoms with Gasteiger partial charge in [0.15, 0.2) is 0 Å². The van der Waals surface area contributed by atoms with Crippen LogP contribution < -0.4 is 9.64 Å². The molecule has 3 aliphatic heterocycles. The third-order valence-electron chi connectivity index (χ3n) is 9.03. The number of piperidine rings is 1. The van der Waals surface area contributed by atoms with E-state index >= 15 is 4.39 Å². The molecule has 0 unspecified atom stereocenters. The van der Waals surface area contributed by atoms with Crippen molar-refractivity contribution in [3.05, 3.63) is 70.7 Å². The first-order valence-corrected chi connectivity index (χ1v) is 15.3. The molecule has 7 rings (SSSR count). The molecule has 0 N–H and O–H groups in total. The summed E-state index contributed by atoms with van der Waals surface area (Å²) >= 11 is 0. The van der Waals surface area contributed by atoms with Crippen molar-refractivity contribution in [2.45, 2.75) is 52.6 Å². The van der Waals surface area contributed by atoms with Crippen LogP contribution in [-0.2, 0) is 25.4 Å². The molecular formula is C35H40FN3O5. The van der Waals surface area contributed by atoms with Crippen molar-refractivity contribution in [3.63, 3.8) is 0 Å². The van der Waals surface area contributed by atoms with Gasteiger partial charge in [0.05, 0.1) is 50.2 Å². The molecule has 232 valence electrons. The Morgan fingerprint density at radius 2 is 1.77 bits per heavy atom. The number of hydrogen-bond acceptors (Lipinski definition) is 7. The standard InChI is InChI=1S/C35H40FN3O5/c1-22-17-28(36)32-26-8-6-7-25(19-26)29-21-39-33(37-29)24(3)23(2)27(20-31(40)41-5)34(39)38-11-9-35(4,10-12-38)44-16-14-42-13-15-43-30(32)18-22/h6-8,17-19,21H,9-16,20H2,1-5H3. The summed E-state index contributed by atoms with van der Waals surface area (Å²) < 4.78 is 41.0. The number of rotatable bonds is 2. The van der Waals surface area contributed by atoms with Gasteiger partial charge < -0.3 is 23.8 Å². The first kappa shape index (κ1) is 30.1. The highest BCUT2D eigenvalue weighted by molar-refractivity contribution is 5.80. The third-order valence-corrected chi connectivity index (χ3v) is 9.03. The van der Waals surface area contributed by atoms with Crippen molar-refractivity contribution in [2.75, 3.05) is 51.5 Å². The fourth-order valence-electron chi connectivity index (χ4n) is 6.36. The zero-order valence-corrected chi connectivity index (χ0v) is 26.2. The number of halogens is 1. The van der Waals surface area contributed by atoms with Gasteiger partial charge in [-0.3, -0.25) is 9.20 Å². The number of aromatic nitrogens is 2. The Labute approximate surface area is 257 Å². The zero-order chi connectivity index (χ0) is 31.0. The second-order valence-corrected chi connectivity index (χ2v) is 12.1. The van der Waals surface area contributed by atoms with Gasteiger partial charge in [-0.15, -0.1) is 0 Å². The minimum Gasteiger partial charge on any atom is -0.490 e. The highest BCUT2D eigenvalue weighted by atomic mass is 19.1. The number of anilines is 1. The molecule has 9 heteroatoms. The maximum atomic E-state index is 15.5. The Kier molecular flexibility index (Phi) is 8.35. The molecular weight excluding hydrogens is 561 g/mol. The predicted molar refractivity (Wildman–Crippen MR) is 168 cm³/mol. The second kappa shape index (κ2) is 12.2. The number of hydrogen-bond donors (Lipinski definition) is 0. The lowest BCUT2D eigenvalue weighted by Crippen LogP contribution is -2.45. The summed E-state index contributed by atoms with van der Waals surface area (Å²) in [5.41, 5.74) is 6.99. The van der Waals surface area contributed by atoms with Crippen molar-refractivity contribution < 1.29 is 28.1 Å². The molecule has 0 amide bonds. The highest BCUT2D eigenvalue weighted by Crippen LogP contribution is 2.39. The molecule has 44 heavy (non-hydrogen) atoms. The minimum absolute atomic E-state index is 0.161. The maximum absolute atomic E-state index is 15.5. The molecule has 8 nitrogen and oxygen atoms in total. The number of imidazole rings is 1. The van der Waals surface area contributed by atoms with Gasteiger partial charge in [-0.1, -0.05) is 18.2 Å². The summed E-state index contributed by atoms with van der Waals surface area (Å²) in [6, 6.07) is 11.1. The van der Waals surface area contributed by atoms with Gasteiger partial charge in [-0.25, -0.2) is 9.37 Å². The van der Waals surface area contributed by atoms with Crippen LogP contribution in [0.15, 0.2) is 42.6 Å². The molecule has 2 aromatic heterocycles. The number of esters is 1. The van der Waals surface area contributed by atoms with Crippen LogP contribution in [0.3, 0.4) is 0 Å². The summed E-state index contributed by atoms with van der Waals surface area (Å²) in [4.78, 5) is 20.1. The lowest BCUT2D eigenvalue weighted by atomic mass is 9.92. The van der Waals surface area contributed by atoms with Crippen molar-refractivity contribution in [1.29, 1.82) is 0 Å². The SMILES string of the molecule is COC(=O)Cc1c(C)c(C)c2nc3cn2c1N1CCC(C)(CC1)OCCOCCOc1cc(C)cc(F)c1-c1cccc-3c1. The number of carbonyl (C=O) groups is 1. The van der Waals surface area contributed by atoms with Crippen LogP contribution in [0.4, 0.5) is 10.2 Å². The topological polar surface area (TPSA) is 74.5 Å². The minimum atomic E-state index is -0.345. The molecule has 0 spiro atoms. The third kappa shape index (κ3) is 5.78. The number of nitrogens with zero attached hydrogens (tertiary/aromatic N) is 3. The molecule has 0 saturated carbocycles. The number of benzene rings is 2. The molecule has 1 saturated heterocycles. The molecule has 4 aromatic rings. The van der Waals surface area contributed by atoms with Crippen molar-refractivity contribution >= 4 is 17.4 Å².